The van der Waals surface area contributed by atoms with Crippen molar-refractivity contribution in [2.45, 2.75) is 53.2 Å². The molecule has 3 heteroatoms. The fourth-order valence-corrected chi connectivity index (χ4v) is 2.35. The zero-order chi connectivity index (χ0) is 17.5. The zero-order valence-electron chi connectivity index (χ0n) is 15.4. The molecule has 24 heavy (non-hydrogen) atoms. The molecule has 3 nitrogen and oxygen atoms in total. The summed E-state index contributed by atoms with van der Waals surface area (Å²) in [5.41, 5.74) is 3.43. The number of hydrogen-bond acceptors (Lipinski definition) is 3. The second-order valence-electron chi connectivity index (χ2n) is 6.44. The molecular weight excluding hydrogens is 298 g/mol. The van der Waals surface area contributed by atoms with Crippen molar-refractivity contribution in [2.24, 2.45) is 0 Å². The fourth-order valence-electron chi connectivity index (χ4n) is 2.35. The number of aryl methyl sites for hydroxylation is 2. The van der Waals surface area contributed by atoms with E-state index < -0.39 is 0 Å². The van der Waals surface area contributed by atoms with Gasteiger partial charge in [0.05, 0.1) is 12.6 Å². The Morgan fingerprint density at radius 2 is 1.75 bits per heavy atom. The Labute approximate surface area is 146 Å². The van der Waals surface area contributed by atoms with E-state index in [2.05, 4.69) is 58.1 Å². The molecule has 130 valence electrons. The van der Waals surface area contributed by atoms with E-state index in [9.17, 15) is 0 Å². The van der Waals surface area contributed by atoms with Crippen LogP contribution in [0.3, 0.4) is 0 Å². The highest BCUT2D eigenvalue weighted by atomic mass is 16.5. The summed E-state index contributed by atoms with van der Waals surface area (Å²) in [5.74, 6) is 1.86. The SMILES string of the molecule is CCC(C)Oc1cccc(NCC(C)Oc2cc(C)ccc2C)c1. The van der Waals surface area contributed by atoms with Crippen molar-refractivity contribution in [3.8, 4) is 11.5 Å². The second kappa shape index (κ2) is 8.62. The van der Waals surface area contributed by atoms with Crippen LogP contribution in [-0.4, -0.2) is 18.8 Å². The minimum absolute atomic E-state index is 0.0737. The molecule has 2 aromatic carbocycles. The molecule has 2 atom stereocenters. The molecule has 0 fully saturated rings. The van der Waals surface area contributed by atoms with E-state index >= 15 is 0 Å². The van der Waals surface area contributed by atoms with E-state index in [1.165, 1.54) is 5.56 Å². The summed E-state index contributed by atoms with van der Waals surface area (Å²) in [7, 11) is 0. The Morgan fingerprint density at radius 1 is 0.958 bits per heavy atom. The maximum absolute atomic E-state index is 6.07. The lowest BCUT2D eigenvalue weighted by Gasteiger charge is -2.19. The Balaban J connectivity index is 1.90. The normalized spacial score (nSPS) is 13.2. The first-order chi connectivity index (χ1) is 11.5. The van der Waals surface area contributed by atoms with E-state index in [1.54, 1.807) is 0 Å². The molecule has 0 aliphatic carbocycles. The lowest BCUT2D eigenvalue weighted by molar-refractivity contribution is 0.217. The maximum Gasteiger partial charge on any atom is 0.122 e. The quantitative estimate of drug-likeness (QED) is 0.708. The molecule has 0 bridgehead atoms. The third-order valence-corrected chi connectivity index (χ3v) is 4.01. The van der Waals surface area contributed by atoms with Crippen molar-refractivity contribution in [2.75, 3.05) is 11.9 Å². The molecule has 0 heterocycles. The molecule has 0 amide bonds. The second-order valence-corrected chi connectivity index (χ2v) is 6.44. The van der Waals surface area contributed by atoms with Gasteiger partial charge in [0.25, 0.3) is 0 Å². The van der Waals surface area contributed by atoms with Crippen LogP contribution in [0.15, 0.2) is 42.5 Å². The lowest BCUT2D eigenvalue weighted by atomic mass is 10.1. The van der Waals surface area contributed by atoms with Crippen LogP contribution >= 0.6 is 0 Å². The van der Waals surface area contributed by atoms with Gasteiger partial charge < -0.3 is 14.8 Å². The summed E-state index contributed by atoms with van der Waals surface area (Å²) in [6.45, 7) is 11.2. The Bertz CT molecular complexity index is 654. The predicted molar refractivity (Wildman–Crippen MR) is 101 cm³/mol. The average molecular weight is 327 g/mol. The smallest absolute Gasteiger partial charge is 0.122 e. The monoisotopic (exact) mass is 327 g/mol. The molecular formula is C21H29NO2. The first-order valence-corrected chi connectivity index (χ1v) is 8.72. The molecule has 0 aromatic heterocycles. The highest BCUT2D eigenvalue weighted by Crippen LogP contribution is 2.22. The highest BCUT2D eigenvalue weighted by molar-refractivity contribution is 5.48. The molecule has 0 saturated heterocycles. The third kappa shape index (κ3) is 5.48. The number of benzene rings is 2. The van der Waals surface area contributed by atoms with Crippen molar-refractivity contribution in [3.63, 3.8) is 0 Å². The van der Waals surface area contributed by atoms with E-state index in [1.807, 2.05) is 24.3 Å². The molecule has 2 unspecified atom stereocenters. The first kappa shape index (κ1) is 18.2. The molecule has 0 aliphatic rings. The van der Waals surface area contributed by atoms with Crippen molar-refractivity contribution in [3.05, 3.63) is 53.6 Å². The minimum Gasteiger partial charge on any atom is -0.491 e. The minimum atomic E-state index is 0.0737. The maximum atomic E-state index is 6.07. The van der Waals surface area contributed by atoms with Crippen LogP contribution in [0.1, 0.15) is 38.3 Å². The number of anilines is 1. The van der Waals surface area contributed by atoms with Gasteiger partial charge in [0.15, 0.2) is 0 Å². The van der Waals surface area contributed by atoms with Gasteiger partial charge in [-0.3, -0.25) is 0 Å². The van der Waals surface area contributed by atoms with Crippen molar-refractivity contribution >= 4 is 5.69 Å². The molecule has 1 N–H and O–H groups in total. The standard InChI is InChI=1S/C21H29NO2/c1-6-17(4)23-20-9-7-8-19(13-20)22-14-18(5)24-21-12-15(2)10-11-16(21)3/h7-13,17-18,22H,6,14H2,1-5H3. The predicted octanol–water partition coefficient (Wildman–Crippen LogP) is 5.36. The van der Waals surface area contributed by atoms with E-state index in [0.29, 0.717) is 0 Å². The van der Waals surface area contributed by atoms with Crippen LogP contribution in [0.5, 0.6) is 11.5 Å². The summed E-state index contributed by atoms with van der Waals surface area (Å²) >= 11 is 0. The van der Waals surface area contributed by atoms with Crippen molar-refractivity contribution in [1.29, 1.82) is 0 Å². The largest absolute Gasteiger partial charge is 0.491 e. The van der Waals surface area contributed by atoms with Crippen LogP contribution in [-0.2, 0) is 0 Å². The number of nitrogens with one attached hydrogen (secondary N) is 1. The van der Waals surface area contributed by atoms with Gasteiger partial charge in [-0.1, -0.05) is 25.1 Å². The number of ether oxygens (including phenoxy) is 2. The molecule has 2 aromatic rings. The summed E-state index contributed by atoms with van der Waals surface area (Å²) in [6, 6.07) is 14.4. The molecule has 0 radical (unpaired) electrons. The average Bonchev–Trinajstić information content (AvgIpc) is 2.56. The fraction of sp³-hybridized carbons (Fsp3) is 0.429. The summed E-state index contributed by atoms with van der Waals surface area (Å²) in [4.78, 5) is 0. The van der Waals surface area contributed by atoms with Crippen molar-refractivity contribution in [1.82, 2.24) is 0 Å². The molecule has 0 aliphatic heterocycles. The Kier molecular flexibility index (Phi) is 6.53. The molecule has 0 spiro atoms. The molecule has 2 rings (SSSR count). The van der Waals surface area contributed by atoms with Crippen LogP contribution in [0.25, 0.3) is 0 Å². The number of rotatable bonds is 8. The first-order valence-electron chi connectivity index (χ1n) is 8.72. The van der Waals surface area contributed by atoms with Gasteiger partial charge in [-0.25, -0.2) is 0 Å². The lowest BCUT2D eigenvalue weighted by Crippen LogP contribution is -2.23. The number of hydrogen-bond donors (Lipinski definition) is 1. The van der Waals surface area contributed by atoms with Crippen LogP contribution in [0, 0.1) is 13.8 Å². The van der Waals surface area contributed by atoms with Gasteiger partial charge in [-0.05, 0) is 63.4 Å². The van der Waals surface area contributed by atoms with E-state index in [4.69, 9.17) is 9.47 Å². The Hall–Kier alpha value is -2.16. The van der Waals surface area contributed by atoms with Gasteiger partial charge in [0.2, 0.25) is 0 Å². The topological polar surface area (TPSA) is 30.5 Å². The van der Waals surface area contributed by atoms with Crippen LogP contribution in [0.2, 0.25) is 0 Å². The summed E-state index contributed by atoms with van der Waals surface area (Å²) < 4.78 is 11.9. The van der Waals surface area contributed by atoms with E-state index in [-0.39, 0.29) is 12.2 Å². The third-order valence-electron chi connectivity index (χ3n) is 4.01. The highest BCUT2D eigenvalue weighted by Gasteiger charge is 2.08. The van der Waals surface area contributed by atoms with Gasteiger partial charge in [-0.15, -0.1) is 0 Å². The van der Waals surface area contributed by atoms with Gasteiger partial charge >= 0.3 is 0 Å². The van der Waals surface area contributed by atoms with E-state index in [0.717, 1.165) is 35.7 Å². The Morgan fingerprint density at radius 3 is 2.50 bits per heavy atom. The molecule has 0 saturated carbocycles. The van der Waals surface area contributed by atoms with Crippen molar-refractivity contribution < 1.29 is 9.47 Å². The van der Waals surface area contributed by atoms with Gasteiger partial charge in [-0.2, -0.15) is 0 Å². The van der Waals surface area contributed by atoms with Crippen LogP contribution in [0.4, 0.5) is 5.69 Å². The van der Waals surface area contributed by atoms with Gasteiger partial charge in [0.1, 0.15) is 17.6 Å². The summed E-state index contributed by atoms with van der Waals surface area (Å²) in [5, 5.41) is 3.43. The van der Waals surface area contributed by atoms with Crippen LogP contribution < -0.4 is 14.8 Å². The zero-order valence-corrected chi connectivity index (χ0v) is 15.4. The van der Waals surface area contributed by atoms with Gasteiger partial charge in [0, 0.05) is 11.8 Å². The summed E-state index contributed by atoms with van der Waals surface area (Å²) in [6.07, 6.45) is 1.30.